The van der Waals surface area contributed by atoms with Gasteiger partial charge in [0.2, 0.25) is 0 Å². The van der Waals surface area contributed by atoms with Crippen molar-refractivity contribution in [1.82, 2.24) is 10.6 Å². The van der Waals surface area contributed by atoms with Crippen molar-refractivity contribution in [2.24, 2.45) is 5.92 Å². The standard InChI is InChI=1S/C15H20Cl2N2O2/c1-10(21-13-4-2-3-12(16)14(13)17)15(20)19-8-6-11-5-7-18-9-11/h2-4,10-11,18H,5-9H2,1H3,(H,19,20). The zero-order valence-corrected chi connectivity index (χ0v) is 13.5. The van der Waals surface area contributed by atoms with E-state index in [-0.39, 0.29) is 5.91 Å². The van der Waals surface area contributed by atoms with Crippen LogP contribution in [0.2, 0.25) is 10.0 Å². The summed E-state index contributed by atoms with van der Waals surface area (Å²) in [6.45, 7) is 4.48. The highest BCUT2D eigenvalue weighted by Gasteiger charge is 2.18. The summed E-state index contributed by atoms with van der Waals surface area (Å²) in [5.41, 5.74) is 0. The van der Waals surface area contributed by atoms with E-state index in [4.69, 9.17) is 27.9 Å². The molecule has 0 radical (unpaired) electrons. The minimum Gasteiger partial charge on any atom is -0.479 e. The Labute approximate surface area is 135 Å². The van der Waals surface area contributed by atoms with E-state index in [0.29, 0.717) is 28.3 Å². The molecule has 0 aliphatic carbocycles. The zero-order valence-electron chi connectivity index (χ0n) is 12.0. The van der Waals surface area contributed by atoms with E-state index in [1.165, 1.54) is 6.42 Å². The van der Waals surface area contributed by atoms with Crippen LogP contribution in [-0.2, 0) is 4.79 Å². The highest BCUT2D eigenvalue weighted by molar-refractivity contribution is 6.42. The summed E-state index contributed by atoms with van der Waals surface area (Å²) in [6, 6.07) is 5.11. The Balaban J connectivity index is 1.77. The molecule has 1 aliphatic rings. The van der Waals surface area contributed by atoms with Crippen LogP contribution in [0.4, 0.5) is 0 Å². The maximum Gasteiger partial charge on any atom is 0.260 e. The molecule has 116 valence electrons. The Morgan fingerprint density at radius 1 is 1.52 bits per heavy atom. The normalized spacial score (nSPS) is 19.3. The third-order valence-electron chi connectivity index (χ3n) is 3.60. The molecule has 2 atom stereocenters. The van der Waals surface area contributed by atoms with Crippen molar-refractivity contribution in [2.45, 2.75) is 25.9 Å². The second-order valence-electron chi connectivity index (χ2n) is 5.25. The van der Waals surface area contributed by atoms with Crippen molar-refractivity contribution >= 4 is 29.1 Å². The van der Waals surface area contributed by atoms with Gasteiger partial charge in [-0.3, -0.25) is 4.79 Å². The Morgan fingerprint density at radius 2 is 2.33 bits per heavy atom. The number of ether oxygens (including phenoxy) is 1. The summed E-state index contributed by atoms with van der Waals surface area (Å²) in [5, 5.41) is 6.95. The van der Waals surface area contributed by atoms with E-state index in [2.05, 4.69) is 10.6 Å². The Hall–Kier alpha value is -0.970. The number of carbonyl (C=O) groups is 1. The van der Waals surface area contributed by atoms with Gasteiger partial charge < -0.3 is 15.4 Å². The Morgan fingerprint density at radius 3 is 3.05 bits per heavy atom. The lowest BCUT2D eigenvalue weighted by atomic mass is 10.1. The molecule has 1 amide bonds. The van der Waals surface area contributed by atoms with Gasteiger partial charge in [-0.1, -0.05) is 29.3 Å². The summed E-state index contributed by atoms with van der Waals surface area (Å²) in [6.07, 6.45) is 1.56. The van der Waals surface area contributed by atoms with Gasteiger partial charge in [-0.05, 0) is 50.9 Å². The predicted molar refractivity (Wildman–Crippen MR) is 85.2 cm³/mol. The minimum atomic E-state index is -0.609. The number of benzene rings is 1. The van der Waals surface area contributed by atoms with E-state index in [9.17, 15) is 4.79 Å². The smallest absolute Gasteiger partial charge is 0.260 e. The highest BCUT2D eigenvalue weighted by Crippen LogP contribution is 2.32. The summed E-state index contributed by atoms with van der Waals surface area (Å²) < 4.78 is 5.57. The largest absolute Gasteiger partial charge is 0.479 e. The van der Waals surface area contributed by atoms with Crippen LogP contribution in [0.15, 0.2) is 18.2 Å². The molecule has 0 bridgehead atoms. The van der Waals surface area contributed by atoms with Crippen LogP contribution in [0.25, 0.3) is 0 Å². The lowest BCUT2D eigenvalue weighted by Crippen LogP contribution is -2.37. The molecule has 0 spiro atoms. The fourth-order valence-corrected chi connectivity index (χ4v) is 2.66. The van der Waals surface area contributed by atoms with E-state index in [0.717, 1.165) is 19.5 Å². The highest BCUT2D eigenvalue weighted by atomic mass is 35.5. The predicted octanol–water partition coefficient (Wildman–Crippen LogP) is 2.88. The summed E-state index contributed by atoms with van der Waals surface area (Å²) in [7, 11) is 0. The topological polar surface area (TPSA) is 50.4 Å². The van der Waals surface area contributed by atoms with Crippen molar-refractivity contribution in [1.29, 1.82) is 0 Å². The molecule has 21 heavy (non-hydrogen) atoms. The molecule has 2 N–H and O–H groups in total. The number of amides is 1. The number of nitrogens with one attached hydrogen (secondary N) is 2. The molecule has 1 aromatic carbocycles. The second kappa shape index (κ2) is 7.87. The zero-order chi connectivity index (χ0) is 15.2. The fourth-order valence-electron chi connectivity index (χ4n) is 2.32. The van der Waals surface area contributed by atoms with Crippen molar-refractivity contribution in [3.63, 3.8) is 0 Å². The summed E-state index contributed by atoms with van der Waals surface area (Å²) in [5.74, 6) is 0.938. The molecular weight excluding hydrogens is 311 g/mol. The molecular formula is C15H20Cl2N2O2. The monoisotopic (exact) mass is 330 g/mol. The molecule has 4 nitrogen and oxygen atoms in total. The van der Waals surface area contributed by atoms with Gasteiger partial charge in [-0.2, -0.15) is 0 Å². The molecule has 1 fully saturated rings. The molecule has 1 aliphatic heterocycles. The van der Waals surface area contributed by atoms with E-state index in [1.54, 1.807) is 25.1 Å². The first-order valence-corrected chi connectivity index (χ1v) is 7.92. The molecule has 0 saturated carbocycles. The first-order chi connectivity index (χ1) is 10.1. The first kappa shape index (κ1) is 16.4. The maximum absolute atomic E-state index is 12.0. The van der Waals surface area contributed by atoms with Gasteiger partial charge in [0, 0.05) is 6.54 Å². The lowest BCUT2D eigenvalue weighted by molar-refractivity contribution is -0.127. The average Bonchev–Trinajstić information content (AvgIpc) is 2.97. The van der Waals surface area contributed by atoms with Crippen LogP contribution in [-0.4, -0.2) is 31.6 Å². The number of halogens is 2. The van der Waals surface area contributed by atoms with Gasteiger partial charge in [0.1, 0.15) is 10.8 Å². The maximum atomic E-state index is 12.0. The van der Waals surface area contributed by atoms with Crippen LogP contribution < -0.4 is 15.4 Å². The van der Waals surface area contributed by atoms with Crippen LogP contribution >= 0.6 is 23.2 Å². The molecule has 1 heterocycles. The Kier molecular flexibility index (Phi) is 6.15. The van der Waals surface area contributed by atoms with E-state index >= 15 is 0 Å². The van der Waals surface area contributed by atoms with Gasteiger partial charge in [0.25, 0.3) is 5.91 Å². The van der Waals surface area contributed by atoms with E-state index in [1.807, 2.05) is 0 Å². The van der Waals surface area contributed by atoms with Gasteiger partial charge in [0.15, 0.2) is 6.10 Å². The minimum absolute atomic E-state index is 0.142. The number of carbonyl (C=O) groups excluding carboxylic acids is 1. The van der Waals surface area contributed by atoms with Gasteiger partial charge in [0.05, 0.1) is 5.02 Å². The van der Waals surface area contributed by atoms with E-state index < -0.39 is 6.10 Å². The van der Waals surface area contributed by atoms with Crippen molar-refractivity contribution in [3.05, 3.63) is 28.2 Å². The number of hydrogen-bond donors (Lipinski definition) is 2. The Bertz CT molecular complexity index is 491. The van der Waals surface area contributed by atoms with Crippen molar-refractivity contribution < 1.29 is 9.53 Å². The average molecular weight is 331 g/mol. The molecule has 0 aromatic heterocycles. The van der Waals surface area contributed by atoms with Gasteiger partial charge >= 0.3 is 0 Å². The van der Waals surface area contributed by atoms with Crippen LogP contribution in [0, 0.1) is 5.92 Å². The number of hydrogen-bond acceptors (Lipinski definition) is 3. The SMILES string of the molecule is CC(Oc1cccc(Cl)c1Cl)C(=O)NCCC1CCNC1. The molecule has 6 heteroatoms. The van der Waals surface area contributed by atoms with Gasteiger partial charge in [-0.15, -0.1) is 0 Å². The van der Waals surface area contributed by atoms with Crippen molar-refractivity contribution in [2.75, 3.05) is 19.6 Å². The van der Waals surface area contributed by atoms with Crippen LogP contribution in [0.3, 0.4) is 0 Å². The van der Waals surface area contributed by atoms with Crippen LogP contribution in [0.5, 0.6) is 5.75 Å². The van der Waals surface area contributed by atoms with Crippen LogP contribution in [0.1, 0.15) is 19.8 Å². The lowest BCUT2D eigenvalue weighted by Gasteiger charge is -2.16. The quantitative estimate of drug-likeness (QED) is 0.843. The first-order valence-electron chi connectivity index (χ1n) is 7.17. The third kappa shape index (κ3) is 4.77. The summed E-state index contributed by atoms with van der Waals surface area (Å²) >= 11 is 12.0. The molecule has 1 saturated heterocycles. The second-order valence-corrected chi connectivity index (χ2v) is 6.04. The molecule has 1 aromatic rings. The molecule has 2 unspecified atom stereocenters. The fraction of sp³-hybridized carbons (Fsp3) is 0.533. The van der Waals surface area contributed by atoms with Gasteiger partial charge in [-0.25, -0.2) is 0 Å². The van der Waals surface area contributed by atoms with Crippen molar-refractivity contribution in [3.8, 4) is 5.75 Å². The summed E-state index contributed by atoms with van der Waals surface area (Å²) in [4.78, 5) is 12.0. The molecule has 2 rings (SSSR count). The third-order valence-corrected chi connectivity index (χ3v) is 4.40. The number of rotatable bonds is 6.